The highest BCUT2D eigenvalue weighted by Gasteiger charge is 2.22. The fraction of sp³-hybridized carbons (Fsp3) is 0.294. The number of aryl methyl sites for hydroxylation is 1. The van der Waals surface area contributed by atoms with Crippen molar-refractivity contribution < 1.29 is 14.5 Å². The highest BCUT2D eigenvalue weighted by Crippen LogP contribution is 2.27. The van der Waals surface area contributed by atoms with Crippen LogP contribution in [0, 0.1) is 17.0 Å². The molecule has 3 rings (SSSR count). The highest BCUT2D eigenvalue weighted by atomic mass is 79.9. The molecule has 8 nitrogen and oxygen atoms in total. The Kier molecular flexibility index (Phi) is 5.48. The third kappa shape index (κ3) is 4.00. The third-order valence-electron chi connectivity index (χ3n) is 4.05. The van der Waals surface area contributed by atoms with Gasteiger partial charge in [-0.1, -0.05) is 0 Å². The number of hydrogen-bond acceptors (Lipinski definition) is 6. The first-order valence-electron chi connectivity index (χ1n) is 8.01. The Morgan fingerprint density at radius 2 is 2.04 bits per heavy atom. The van der Waals surface area contributed by atoms with Crippen molar-refractivity contribution in [3.63, 3.8) is 0 Å². The van der Waals surface area contributed by atoms with Crippen molar-refractivity contribution in [3.05, 3.63) is 56.2 Å². The van der Waals surface area contributed by atoms with E-state index in [1.54, 1.807) is 18.2 Å². The zero-order valence-electron chi connectivity index (χ0n) is 14.1. The average molecular weight is 421 g/mol. The Morgan fingerprint density at radius 1 is 1.31 bits per heavy atom. The maximum absolute atomic E-state index is 12.8. The molecule has 0 bridgehead atoms. The minimum absolute atomic E-state index is 0.132. The molecule has 0 unspecified atom stereocenters. The number of nitrogens with one attached hydrogen (secondary N) is 1. The van der Waals surface area contributed by atoms with Crippen molar-refractivity contribution in [2.24, 2.45) is 0 Å². The predicted molar refractivity (Wildman–Crippen MR) is 101 cm³/mol. The van der Waals surface area contributed by atoms with Crippen LogP contribution >= 0.6 is 15.9 Å². The summed E-state index contributed by atoms with van der Waals surface area (Å²) in [4.78, 5) is 29.7. The first kappa shape index (κ1) is 18.3. The fourth-order valence-corrected chi connectivity index (χ4v) is 2.92. The summed E-state index contributed by atoms with van der Waals surface area (Å²) in [6.07, 6.45) is 0. The van der Waals surface area contributed by atoms with Crippen molar-refractivity contribution in [2.45, 2.75) is 6.92 Å². The number of benzene rings is 1. The van der Waals surface area contributed by atoms with Gasteiger partial charge < -0.3 is 15.0 Å². The molecule has 136 valence electrons. The van der Waals surface area contributed by atoms with E-state index in [1.807, 2.05) is 11.8 Å². The van der Waals surface area contributed by atoms with Crippen LogP contribution in [0.4, 0.5) is 17.2 Å². The van der Waals surface area contributed by atoms with Crippen LogP contribution in [0.1, 0.15) is 16.1 Å². The number of aromatic nitrogens is 1. The molecule has 2 aromatic rings. The normalized spacial score (nSPS) is 14.2. The van der Waals surface area contributed by atoms with Gasteiger partial charge in [-0.2, -0.15) is 0 Å². The number of pyridine rings is 1. The second-order valence-electron chi connectivity index (χ2n) is 5.78. The quantitative estimate of drug-likeness (QED) is 0.602. The van der Waals surface area contributed by atoms with Crippen molar-refractivity contribution >= 4 is 39.0 Å². The average Bonchev–Trinajstić information content (AvgIpc) is 2.65. The summed E-state index contributed by atoms with van der Waals surface area (Å²) in [6, 6.07) is 7.77. The number of halogens is 1. The molecule has 1 saturated heterocycles. The Bertz CT molecular complexity index is 853. The number of carbonyl (C=O) groups is 1. The Labute approximate surface area is 158 Å². The minimum Gasteiger partial charge on any atom is -0.378 e. The molecule has 0 aliphatic carbocycles. The fourth-order valence-electron chi connectivity index (χ4n) is 2.70. The lowest BCUT2D eigenvalue weighted by Crippen LogP contribution is -2.37. The number of nitrogens with zero attached hydrogens (tertiary/aromatic N) is 3. The van der Waals surface area contributed by atoms with E-state index in [4.69, 9.17) is 4.74 Å². The molecule has 9 heteroatoms. The van der Waals surface area contributed by atoms with E-state index in [0.717, 1.165) is 10.2 Å². The second kappa shape index (κ2) is 7.79. The summed E-state index contributed by atoms with van der Waals surface area (Å²) in [5, 5.41) is 13.8. The maximum Gasteiger partial charge on any atom is 0.270 e. The van der Waals surface area contributed by atoms with Gasteiger partial charge in [-0.05, 0) is 41.1 Å². The largest absolute Gasteiger partial charge is 0.378 e. The molecule has 26 heavy (non-hydrogen) atoms. The molecule has 0 spiro atoms. The van der Waals surface area contributed by atoms with E-state index >= 15 is 0 Å². The zero-order valence-corrected chi connectivity index (χ0v) is 15.7. The van der Waals surface area contributed by atoms with E-state index in [2.05, 4.69) is 26.2 Å². The van der Waals surface area contributed by atoms with Crippen LogP contribution in [-0.4, -0.2) is 42.1 Å². The second-order valence-corrected chi connectivity index (χ2v) is 6.63. The van der Waals surface area contributed by atoms with Gasteiger partial charge in [0.2, 0.25) is 0 Å². The van der Waals surface area contributed by atoms with Crippen LogP contribution in [-0.2, 0) is 4.74 Å². The molecule has 1 aromatic heterocycles. The van der Waals surface area contributed by atoms with Gasteiger partial charge in [0.15, 0.2) is 0 Å². The smallest absolute Gasteiger partial charge is 0.270 e. The predicted octanol–water partition coefficient (Wildman–Crippen LogP) is 3.15. The summed E-state index contributed by atoms with van der Waals surface area (Å²) in [5.41, 5.74) is 1.48. The molecule has 2 heterocycles. The monoisotopic (exact) mass is 420 g/mol. The molecular formula is C17H17BrN4O4. The van der Waals surface area contributed by atoms with Crippen molar-refractivity contribution in [1.82, 2.24) is 4.98 Å². The van der Waals surface area contributed by atoms with Gasteiger partial charge >= 0.3 is 0 Å². The van der Waals surface area contributed by atoms with E-state index in [0.29, 0.717) is 37.8 Å². The van der Waals surface area contributed by atoms with E-state index < -0.39 is 10.8 Å². The zero-order chi connectivity index (χ0) is 18.7. The van der Waals surface area contributed by atoms with Crippen molar-refractivity contribution in [2.75, 3.05) is 36.5 Å². The molecule has 1 aliphatic heterocycles. The summed E-state index contributed by atoms with van der Waals surface area (Å²) in [7, 11) is 0. The molecule has 1 amide bonds. The van der Waals surface area contributed by atoms with E-state index in [-0.39, 0.29) is 11.3 Å². The number of nitro benzene ring substituents is 1. The topological polar surface area (TPSA) is 97.6 Å². The standard InChI is InChI=1S/C17H17BrN4O4/c1-11-14(18)3-5-16(19-11)20-17(23)13-10-12(22(24)25)2-4-15(13)21-6-8-26-9-7-21/h2-5,10H,6-9H2,1H3,(H,19,20,23). The number of ether oxygens (including phenoxy) is 1. The molecular weight excluding hydrogens is 404 g/mol. The first-order chi connectivity index (χ1) is 12.5. The summed E-state index contributed by atoms with van der Waals surface area (Å²) >= 11 is 3.36. The van der Waals surface area contributed by atoms with Crippen LogP contribution in [0.3, 0.4) is 0 Å². The van der Waals surface area contributed by atoms with Gasteiger partial charge in [-0.15, -0.1) is 0 Å². The van der Waals surface area contributed by atoms with Crippen molar-refractivity contribution in [3.8, 4) is 0 Å². The number of amides is 1. The summed E-state index contributed by atoms with van der Waals surface area (Å²) < 4.78 is 6.17. The first-order valence-corrected chi connectivity index (χ1v) is 8.80. The highest BCUT2D eigenvalue weighted by molar-refractivity contribution is 9.10. The molecule has 0 radical (unpaired) electrons. The van der Waals surface area contributed by atoms with E-state index in [1.165, 1.54) is 12.1 Å². The molecule has 1 N–H and O–H groups in total. The van der Waals surface area contributed by atoms with Gasteiger partial charge in [0.25, 0.3) is 11.6 Å². The lowest BCUT2D eigenvalue weighted by atomic mass is 10.1. The summed E-state index contributed by atoms with van der Waals surface area (Å²) in [5.74, 6) is -0.0560. The molecule has 0 atom stereocenters. The van der Waals surface area contributed by atoms with Gasteiger partial charge in [0.05, 0.1) is 35.1 Å². The van der Waals surface area contributed by atoms with Gasteiger partial charge in [0, 0.05) is 29.7 Å². The van der Waals surface area contributed by atoms with Crippen LogP contribution in [0.25, 0.3) is 0 Å². The Hall–Kier alpha value is -2.52. The number of nitro groups is 1. The lowest BCUT2D eigenvalue weighted by molar-refractivity contribution is -0.384. The Morgan fingerprint density at radius 3 is 2.69 bits per heavy atom. The molecule has 0 saturated carbocycles. The van der Waals surface area contributed by atoms with Gasteiger partial charge in [0.1, 0.15) is 5.82 Å². The number of non-ortho nitro benzene ring substituents is 1. The summed E-state index contributed by atoms with van der Waals surface area (Å²) in [6.45, 7) is 4.14. The number of rotatable bonds is 4. The molecule has 1 aromatic carbocycles. The van der Waals surface area contributed by atoms with Crippen molar-refractivity contribution in [1.29, 1.82) is 0 Å². The van der Waals surface area contributed by atoms with Gasteiger partial charge in [-0.3, -0.25) is 14.9 Å². The van der Waals surface area contributed by atoms with Crippen LogP contribution in [0.2, 0.25) is 0 Å². The van der Waals surface area contributed by atoms with Crippen LogP contribution in [0.15, 0.2) is 34.8 Å². The minimum atomic E-state index is -0.512. The lowest BCUT2D eigenvalue weighted by Gasteiger charge is -2.30. The van der Waals surface area contributed by atoms with Crippen LogP contribution < -0.4 is 10.2 Å². The van der Waals surface area contributed by atoms with E-state index in [9.17, 15) is 14.9 Å². The Balaban J connectivity index is 1.94. The number of morpholine rings is 1. The third-order valence-corrected chi connectivity index (χ3v) is 4.89. The maximum atomic E-state index is 12.8. The molecule has 1 fully saturated rings. The number of carbonyl (C=O) groups excluding carboxylic acids is 1. The van der Waals surface area contributed by atoms with Crippen LogP contribution in [0.5, 0.6) is 0 Å². The SMILES string of the molecule is Cc1nc(NC(=O)c2cc([N+](=O)[O-])ccc2N2CCOCC2)ccc1Br. The van der Waals surface area contributed by atoms with Gasteiger partial charge in [-0.25, -0.2) is 4.98 Å². The number of hydrogen-bond donors (Lipinski definition) is 1. The number of anilines is 2. The molecule has 1 aliphatic rings.